The van der Waals surface area contributed by atoms with E-state index in [4.69, 9.17) is 0 Å². The summed E-state index contributed by atoms with van der Waals surface area (Å²) in [5.74, 6) is 0.308. The highest BCUT2D eigenvalue weighted by Gasteiger charge is 2.21. The van der Waals surface area contributed by atoms with E-state index in [-0.39, 0.29) is 24.2 Å². The number of benzene rings is 1. The summed E-state index contributed by atoms with van der Waals surface area (Å²) in [6.45, 7) is 4.44. The van der Waals surface area contributed by atoms with Crippen LogP contribution in [0.25, 0.3) is 0 Å². The lowest BCUT2D eigenvalue weighted by molar-refractivity contribution is -0.124. The number of carbonyl (C=O) groups excluding carboxylic acids is 1. The van der Waals surface area contributed by atoms with Crippen molar-refractivity contribution in [3.05, 3.63) is 33.8 Å². The van der Waals surface area contributed by atoms with Crippen molar-refractivity contribution in [2.24, 2.45) is 5.92 Å². The summed E-state index contributed by atoms with van der Waals surface area (Å²) in [7, 11) is 0. The van der Waals surface area contributed by atoms with Crippen LogP contribution in [0.1, 0.15) is 17.5 Å². The van der Waals surface area contributed by atoms with Crippen molar-refractivity contribution in [3.63, 3.8) is 0 Å². The third-order valence-corrected chi connectivity index (χ3v) is 3.68. The zero-order valence-corrected chi connectivity index (χ0v) is 12.7. The van der Waals surface area contributed by atoms with Crippen LogP contribution in [-0.4, -0.2) is 19.0 Å². The molecule has 1 aromatic rings. The Morgan fingerprint density at radius 2 is 2.33 bits per heavy atom. The Bertz CT molecular complexity index is 419. The fourth-order valence-electron chi connectivity index (χ4n) is 2.06. The maximum atomic E-state index is 11.8. The summed E-state index contributed by atoms with van der Waals surface area (Å²) >= 11 is 3.43. The molecule has 1 aliphatic rings. The van der Waals surface area contributed by atoms with E-state index in [9.17, 15) is 4.79 Å². The minimum Gasteiger partial charge on any atom is -0.352 e. The van der Waals surface area contributed by atoms with Gasteiger partial charge in [-0.15, -0.1) is 12.4 Å². The third kappa shape index (κ3) is 3.97. The van der Waals surface area contributed by atoms with E-state index in [2.05, 4.69) is 39.6 Å². The van der Waals surface area contributed by atoms with Gasteiger partial charge in [-0.05, 0) is 43.1 Å². The summed E-state index contributed by atoms with van der Waals surface area (Å²) in [4.78, 5) is 11.8. The van der Waals surface area contributed by atoms with Gasteiger partial charge in [0.15, 0.2) is 0 Å². The van der Waals surface area contributed by atoms with Crippen LogP contribution in [0.4, 0.5) is 0 Å². The van der Waals surface area contributed by atoms with Gasteiger partial charge in [-0.1, -0.05) is 22.0 Å². The number of hydrogen-bond donors (Lipinski definition) is 2. The molecule has 0 saturated carbocycles. The SMILES string of the molecule is Cc1cc(Br)ccc1CNC(=O)C1CCNC1.Cl. The Morgan fingerprint density at radius 3 is 2.94 bits per heavy atom. The Balaban J connectivity index is 0.00000162. The number of hydrogen-bond acceptors (Lipinski definition) is 2. The van der Waals surface area contributed by atoms with Crippen LogP contribution >= 0.6 is 28.3 Å². The van der Waals surface area contributed by atoms with Gasteiger partial charge in [-0.25, -0.2) is 0 Å². The molecule has 1 aromatic carbocycles. The molecule has 1 atom stereocenters. The fraction of sp³-hybridized carbons (Fsp3) is 0.462. The van der Waals surface area contributed by atoms with Crippen molar-refractivity contribution in [2.75, 3.05) is 13.1 Å². The average Bonchev–Trinajstić information content (AvgIpc) is 2.81. The van der Waals surface area contributed by atoms with Gasteiger partial charge in [0.05, 0.1) is 5.92 Å². The van der Waals surface area contributed by atoms with Crippen molar-refractivity contribution >= 4 is 34.2 Å². The molecule has 18 heavy (non-hydrogen) atoms. The van der Waals surface area contributed by atoms with Crippen LogP contribution in [-0.2, 0) is 11.3 Å². The highest BCUT2D eigenvalue weighted by atomic mass is 79.9. The number of nitrogens with one attached hydrogen (secondary N) is 2. The first kappa shape index (κ1) is 15.5. The lowest BCUT2D eigenvalue weighted by Gasteiger charge is -2.11. The summed E-state index contributed by atoms with van der Waals surface area (Å²) in [6, 6.07) is 6.12. The topological polar surface area (TPSA) is 41.1 Å². The molecule has 1 amide bonds. The van der Waals surface area contributed by atoms with Crippen LogP contribution in [0.2, 0.25) is 0 Å². The lowest BCUT2D eigenvalue weighted by atomic mass is 10.1. The molecule has 0 radical (unpaired) electrons. The molecular formula is C13H18BrClN2O. The second-order valence-electron chi connectivity index (χ2n) is 4.48. The van der Waals surface area contributed by atoms with Gasteiger partial charge < -0.3 is 10.6 Å². The Hall–Kier alpha value is -0.580. The standard InChI is InChI=1S/C13H17BrN2O.ClH/c1-9-6-12(14)3-2-10(9)8-16-13(17)11-4-5-15-7-11;/h2-3,6,11,15H,4-5,7-8H2,1H3,(H,16,17);1H. The van der Waals surface area contributed by atoms with Gasteiger partial charge in [0.25, 0.3) is 0 Å². The summed E-state index contributed by atoms with van der Waals surface area (Å²) in [5.41, 5.74) is 2.37. The number of rotatable bonds is 3. The molecule has 1 aliphatic heterocycles. The summed E-state index contributed by atoms with van der Waals surface area (Å²) in [6.07, 6.45) is 0.950. The highest BCUT2D eigenvalue weighted by Crippen LogP contribution is 2.16. The zero-order valence-electron chi connectivity index (χ0n) is 10.3. The monoisotopic (exact) mass is 332 g/mol. The largest absolute Gasteiger partial charge is 0.352 e. The van der Waals surface area contributed by atoms with Gasteiger partial charge in [0, 0.05) is 17.6 Å². The molecule has 2 N–H and O–H groups in total. The minimum atomic E-state index is 0. The maximum absolute atomic E-state index is 11.8. The molecule has 0 aliphatic carbocycles. The van der Waals surface area contributed by atoms with Crippen LogP contribution < -0.4 is 10.6 Å². The normalized spacial score (nSPS) is 18.2. The predicted octanol–water partition coefficient (Wildman–Crippen LogP) is 2.41. The summed E-state index contributed by atoms with van der Waals surface area (Å²) < 4.78 is 1.07. The van der Waals surface area contributed by atoms with Crippen molar-refractivity contribution in [1.29, 1.82) is 0 Å². The van der Waals surface area contributed by atoms with Crippen LogP contribution in [0, 0.1) is 12.8 Å². The molecule has 3 nitrogen and oxygen atoms in total. The molecule has 100 valence electrons. The third-order valence-electron chi connectivity index (χ3n) is 3.19. The molecule has 0 spiro atoms. The average molecular weight is 334 g/mol. The first-order valence-corrected chi connectivity index (χ1v) is 6.69. The smallest absolute Gasteiger partial charge is 0.224 e. The molecule has 2 rings (SSSR count). The maximum Gasteiger partial charge on any atom is 0.224 e. The van der Waals surface area contributed by atoms with Crippen molar-refractivity contribution < 1.29 is 4.79 Å². The van der Waals surface area contributed by atoms with Crippen molar-refractivity contribution in [2.45, 2.75) is 19.9 Å². The van der Waals surface area contributed by atoms with E-state index in [1.165, 1.54) is 11.1 Å². The predicted molar refractivity (Wildman–Crippen MR) is 79.0 cm³/mol. The molecule has 1 unspecified atom stereocenters. The van der Waals surface area contributed by atoms with E-state index in [0.29, 0.717) is 6.54 Å². The van der Waals surface area contributed by atoms with Crippen molar-refractivity contribution in [1.82, 2.24) is 10.6 Å². The Morgan fingerprint density at radius 1 is 1.56 bits per heavy atom. The second kappa shape index (κ2) is 7.12. The van der Waals surface area contributed by atoms with Gasteiger partial charge in [-0.3, -0.25) is 4.79 Å². The molecule has 1 saturated heterocycles. The first-order chi connectivity index (χ1) is 8.16. The number of carbonyl (C=O) groups is 1. The summed E-state index contributed by atoms with van der Waals surface area (Å²) in [5, 5.41) is 6.21. The molecule has 5 heteroatoms. The van der Waals surface area contributed by atoms with Gasteiger partial charge in [-0.2, -0.15) is 0 Å². The van der Waals surface area contributed by atoms with E-state index < -0.39 is 0 Å². The van der Waals surface area contributed by atoms with E-state index in [1.54, 1.807) is 0 Å². The number of amides is 1. The van der Waals surface area contributed by atoms with E-state index in [0.717, 1.165) is 24.0 Å². The zero-order chi connectivity index (χ0) is 12.3. The van der Waals surface area contributed by atoms with Gasteiger partial charge in [0.1, 0.15) is 0 Å². The van der Waals surface area contributed by atoms with E-state index >= 15 is 0 Å². The van der Waals surface area contributed by atoms with Gasteiger partial charge >= 0.3 is 0 Å². The molecular weight excluding hydrogens is 316 g/mol. The van der Waals surface area contributed by atoms with Gasteiger partial charge in [0.2, 0.25) is 5.91 Å². The Kier molecular flexibility index (Phi) is 6.12. The van der Waals surface area contributed by atoms with E-state index in [1.807, 2.05) is 12.1 Å². The van der Waals surface area contributed by atoms with Crippen molar-refractivity contribution in [3.8, 4) is 0 Å². The van der Waals surface area contributed by atoms with Crippen LogP contribution in [0.5, 0.6) is 0 Å². The second-order valence-corrected chi connectivity index (χ2v) is 5.39. The lowest BCUT2D eigenvalue weighted by Crippen LogP contribution is -2.31. The fourth-order valence-corrected chi connectivity index (χ4v) is 2.54. The number of halogens is 2. The Labute approximate surface area is 122 Å². The molecule has 1 fully saturated rings. The molecule has 1 heterocycles. The number of aryl methyl sites for hydroxylation is 1. The van der Waals surface area contributed by atoms with Crippen LogP contribution in [0.15, 0.2) is 22.7 Å². The highest BCUT2D eigenvalue weighted by molar-refractivity contribution is 9.10. The minimum absolute atomic E-state index is 0. The molecule has 0 aromatic heterocycles. The molecule has 0 bridgehead atoms. The quantitative estimate of drug-likeness (QED) is 0.892. The first-order valence-electron chi connectivity index (χ1n) is 5.90. The van der Waals surface area contributed by atoms with Crippen LogP contribution in [0.3, 0.4) is 0 Å².